The average Bonchev–Trinajstić information content (AvgIpc) is 3.36. The van der Waals surface area contributed by atoms with Crippen LogP contribution in [0.15, 0.2) is 55.1 Å². The van der Waals surface area contributed by atoms with Crippen molar-refractivity contribution in [3.8, 4) is 22.8 Å². The molecule has 1 aliphatic heterocycles. The minimum absolute atomic E-state index is 0.0434. The number of hydrogen-bond acceptors (Lipinski definition) is 5. The summed E-state index contributed by atoms with van der Waals surface area (Å²) in [5, 5.41) is 18.3. The van der Waals surface area contributed by atoms with Gasteiger partial charge in [-0.15, -0.1) is 0 Å². The molecule has 178 valence electrons. The largest absolute Gasteiger partial charge is 0.507 e. The van der Waals surface area contributed by atoms with E-state index in [0.717, 1.165) is 5.56 Å². The fourth-order valence-electron chi connectivity index (χ4n) is 4.13. The zero-order chi connectivity index (χ0) is 24.2. The first-order valence-electron chi connectivity index (χ1n) is 11.2. The lowest BCUT2D eigenvalue weighted by Gasteiger charge is -2.26. The quantitative estimate of drug-likeness (QED) is 0.300. The summed E-state index contributed by atoms with van der Waals surface area (Å²) in [7, 11) is 0. The van der Waals surface area contributed by atoms with E-state index in [1.807, 2.05) is 43.0 Å². The Morgan fingerprint density at radius 1 is 1.26 bits per heavy atom. The number of hydrogen-bond donors (Lipinski definition) is 2. The van der Waals surface area contributed by atoms with E-state index in [-0.39, 0.29) is 23.8 Å². The normalized spacial score (nSPS) is 15.1. The topological polar surface area (TPSA) is 87.7 Å². The smallest absolute Gasteiger partial charge is 0.273 e. The van der Waals surface area contributed by atoms with Crippen LogP contribution in [0.1, 0.15) is 47.9 Å². The second kappa shape index (κ2) is 10.3. The number of carbonyl (C=O) groups excluding carboxylic acids is 1. The molecule has 0 bridgehead atoms. The van der Waals surface area contributed by atoms with Crippen LogP contribution in [-0.2, 0) is 4.74 Å². The highest BCUT2D eigenvalue weighted by Gasteiger charge is 2.42. The number of fused-ring (bicyclic) bond motifs is 1. The van der Waals surface area contributed by atoms with Gasteiger partial charge in [-0.05, 0) is 56.2 Å². The van der Waals surface area contributed by atoms with Crippen molar-refractivity contribution in [1.82, 2.24) is 15.1 Å². The van der Waals surface area contributed by atoms with E-state index >= 15 is 0 Å². The Labute approximate surface area is 204 Å². The molecule has 1 amide bonds. The Morgan fingerprint density at radius 3 is 2.74 bits per heavy atom. The van der Waals surface area contributed by atoms with Crippen LogP contribution in [0.4, 0.5) is 0 Å². The molecule has 2 aromatic carbocycles. The maximum atomic E-state index is 13.4. The number of aromatic hydroxyl groups is 1. The molecule has 2 N–H and O–H groups in total. The number of ether oxygens (including phenoxy) is 2. The summed E-state index contributed by atoms with van der Waals surface area (Å²) in [5.41, 5.74) is 3.01. The van der Waals surface area contributed by atoms with Gasteiger partial charge in [-0.2, -0.15) is 5.10 Å². The Kier molecular flexibility index (Phi) is 7.24. The van der Waals surface area contributed by atoms with Gasteiger partial charge < -0.3 is 19.5 Å². The van der Waals surface area contributed by atoms with Gasteiger partial charge in [0.2, 0.25) is 0 Å². The molecule has 1 atom stereocenters. The Balaban J connectivity index is 1.73. The number of rotatable bonds is 10. The van der Waals surface area contributed by atoms with E-state index in [4.69, 9.17) is 21.1 Å². The second-order valence-corrected chi connectivity index (χ2v) is 8.80. The van der Waals surface area contributed by atoms with Gasteiger partial charge in [0.05, 0.1) is 12.1 Å². The van der Waals surface area contributed by atoms with Gasteiger partial charge in [-0.1, -0.05) is 36.4 Å². The van der Waals surface area contributed by atoms with Gasteiger partial charge in [0.15, 0.2) is 0 Å². The van der Waals surface area contributed by atoms with E-state index in [1.54, 1.807) is 18.2 Å². The number of H-pyrrole nitrogens is 1. The second-order valence-electron chi connectivity index (χ2n) is 8.37. The fraction of sp³-hybridized carbons (Fsp3) is 0.308. The molecular weight excluding hydrogens is 454 g/mol. The number of halogens is 1. The van der Waals surface area contributed by atoms with Crippen LogP contribution >= 0.6 is 11.6 Å². The molecule has 0 aliphatic carbocycles. The van der Waals surface area contributed by atoms with Gasteiger partial charge >= 0.3 is 0 Å². The lowest BCUT2D eigenvalue weighted by Crippen LogP contribution is -2.31. The highest BCUT2D eigenvalue weighted by Crippen LogP contribution is 2.45. The maximum Gasteiger partial charge on any atom is 0.273 e. The van der Waals surface area contributed by atoms with Gasteiger partial charge in [0.25, 0.3) is 5.91 Å². The van der Waals surface area contributed by atoms with Gasteiger partial charge in [0.1, 0.15) is 29.5 Å². The third kappa shape index (κ3) is 4.81. The summed E-state index contributed by atoms with van der Waals surface area (Å²) >= 11 is 6.20. The number of phenols is 1. The standard InChI is InChI=1S/C26H28ClN3O4/c1-4-13-34-19-9-6-17(7-10-19)25-22-23(20-15-18(27)8-11-21(20)31)28-29-24(22)26(32)30(25)12-5-14-33-16(2)3/h4,6-11,15-16,25,31H,1,5,12-14H2,2-3H3,(H,28,29). The fourth-order valence-corrected chi connectivity index (χ4v) is 4.30. The zero-order valence-electron chi connectivity index (χ0n) is 19.3. The van der Waals surface area contributed by atoms with Crippen LogP contribution in [0.3, 0.4) is 0 Å². The number of carbonyl (C=O) groups is 1. The average molecular weight is 482 g/mol. The predicted octanol–water partition coefficient (Wildman–Crippen LogP) is 5.36. The van der Waals surface area contributed by atoms with Crippen molar-refractivity contribution in [3.63, 3.8) is 0 Å². The molecule has 3 aromatic rings. The third-order valence-corrected chi connectivity index (χ3v) is 5.87. The van der Waals surface area contributed by atoms with Crippen molar-refractivity contribution in [2.75, 3.05) is 19.8 Å². The Morgan fingerprint density at radius 2 is 2.03 bits per heavy atom. The van der Waals surface area contributed by atoms with Gasteiger partial charge in [-0.25, -0.2) is 0 Å². The first-order chi connectivity index (χ1) is 16.4. The molecule has 34 heavy (non-hydrogen) atoms. The summed E-state index contributed by atoms with van der Waals surface area (Å²) in [6, 6.07) is 12.0. The molecule has 0 saturated heterocycles. The SMILES string of the molecule is C=CCOc1ccc(C2c3c(-c4cc(Cl)ccc4O)n[nH]c3C(=O)N2CCCOC(C)C)cc1. The monoisotopic (exact) mass is 481 g/mol. The molecular formula is C26H28ClN3O4. The lowest BCUT2D eigenvalue weighted by atomic mass is 9.95. The van der Waals surface area contributed by atoms with E-state index in [0.29, 0.717) is 59.5 Å². The molecule has 0 saturated carbocycles. The molecule has 0 spiro atoms. The number of aromatic amines is 1. The van der Waals surface area contributed by atoms with Crippen LogP contribution in [0.5, 0.6) is 11.5 Å². The van der Waals surface area contributed by atoms with Crippen molar-refractivity contribution in [3.05, 3.63) is 77.0 Å². The molecule has 1 unspecified atom stereocenters. The molecule has 0 radical (unpaired) electrons. The van der Waals surface area contributed by atoms with Crippen LogP contribution < -0.4 is 4.74 Å². The van der Waals surface area contributed by atoms with Gasteiger partial charge in [0, 0.05) is 29.3 Å². The minimum atomic E-state index is -0.387. The van der Waals surface area contributed by atoms with E-state index in [2.05, 4.69) is 16.8 Å². The molecule has 8 heteroatoms. The van der Waals surface area contributed by atoms with Crippen molar-refractivity contribution in [1.29, 1.82) is 0 Å². The summed E-state index contributed by atoms with van der Waals surface area (Å²) in [5.74, 6) is 0.614. The van der Waals surface area contributed by atoms with E-state index < -0.39 is 0 Å². The zero-order valence-corrected chi connectivity index (χ0v) is 20.0. The van der Waals surface area contributed by atoms with Crippen LogP contribution in [0, 0.1) is 0 Å². The number of amides is 1. The molecule has 4 rings (SSSR count). The summed E-state index contributed by atoms with van der Waals surface area (Å²) in [6.45, 7) is 9.12. The number of benzene rings is 2. The maximum absolute atomic E-state index is 13.4. The number of nitrogens with zero attached hydrogens (tertiary/aromatic N) is 2. The number of phenolic OH excluding ortho intramolecular Hbond substituents is 1. The molecule has 1 aliphatic rings. The Bertz CT molecular complexity index is 1170. The number of nitrogens with one attached hydrogen (secondary N) is 1. The third-order valence-electron chi connectivity index (χ3n) is 5.64. The summed E-state index contributed by atoms with van der Waals surface area (Å²) in [6.07, 6.45) is 2.50. The van der Waals surface area contributed by atoms with Crippen LogP contribution in [-0.4, -0.2) is 52.0 Å². The molecule has 1 aromatic heterocycles. The highest BCUT2D eigenvalue weighted by atomic mass is 35.5. The van der Waals surface area contributed by atoms with Crippen molar-refractivity contribution in [2.45, 2.75) is 32.4 Å². The summed E-state index contributed by atoms with van der Waals surface area (Å²) < 4.78 is 11.3. The van der Waals surface area contributed by atoms with Crippen LogP contribution in [0.2, 0.25) is 5.02 Å². The minimum Gasteiger partial charge on any atom is -0.507 e. The first-order valence-corrected chi connectivity index (χ1v) is 11.6. The van der Waals surface area contributed by atoms with Gasteiger partial charge in [-0.3, -0.25) is 9.89 Å². The predicted molar refractivity (Wildman–Crippen MR) is 131 cm³/mol. The number of aromatic nitrogens is 2. The first kappa shape index (κ1) is 23.9. The molecule has 2 heterocycles. The van der Waals surface area contributed by atoms with Crippen molar-refractivity contribution >= 4 is 17.5 Å². The molecule has 0 fully saturated rings. The van der Waals surface area contributed by atoms with Crippen LogP contribution in [0.25, 0.3) is 11.3 Å². The van der Waals surface area contributed by atoms with Crippen molar-refractivity contribution in [2.24, 2.45) is 0 Å². The highest BCUT2D eigenvalue weighted by molar-refractivity contribution is 6.31. The van der Waals surface area contributed by atoms with E-state index in [9.17, 15) is 9.90 Å². The Hall–Kier alpha value is -3.29. The summed E-state index contributed by atoms with van der Waals surface area (Å²) in [4.78, 5) is 15.2. The lowest BCUT2D eigenvalue weighted by molar-refractivity contribution is 0.0601. The molecule has 7 nitrogen and oxygen atoms in total. The van der Waals surface area contributed by atoms with E-state index in [1.165, 1.54) is 6.07 Å². The van der Waals surface area contributed by atoms with Crippen molar-refractivity contribution < 1.29 is 19.4 Å².